The van der Waals surface area contributed by atoms with Gasteiger partial charge >= 0.3 is 0 Å². The van der Waals surface area contributed by atoms with E-state index in [1.807, 2.05) is 4.90 Å². The summed E-state index contributed by atoms with van der Waals surface area (Å²) in [6.45, 7) is 1.82. The second kappa shape index (κ2) is 2.45. The van der Waals surface area contributed by atoms with E-state index < -0.39 is 0 Å². The summed E-state index contributed by atoms with van der Waals surface area (Å²) < 4.78 is 12.9. The molecular weight excluding hydrogens is 145 g/mol. The second-order valence-electron chi connectivity index (χ2n) is 2.53. The summed E-state index contributed by atoms with van der Waals surface area (Å²) in [4.78, 5) is 9.31. The molecule has 0 spiro atoms. The van der Waals surface area contributed by atoms with Crippen LogP contribution in [0.25, 0.3) is 0 Å². The van der Waals surface area contributed by atoms with Gasteiger partial charge in [0.25, 0.3) is 0 Å². The summed E-state index contributed by atoms with van der Waals surface area (Å²) in [5, 5.41) is 0. The smallest absolute Gasteiger partial charge is 0.183 e. The third-order valence-electron chi connectivity index (χ3n) is 1.80. The van der Waals surface area contributed by atoms with Crippen molar-refractivity contribution in [3.05, 3.63) is 18.3 Å². The van der Waals surface area contributed by atoms with Crippen molar-refractivity contribution in [3.8, 4) is 0 Å². The molecule has 11 heavy (non-hydrogen) atoms. The Morgan fingerprint density at radius 3 is 2.82 bits per heavy atom. The Kier molecular flexibility index (Phi) is 1.45. The fraction of sp³-hybridized carbons (Fsp3) is 0.429. The van der Waals surface area contributed by atoms with E-state index in [1.165, 1.54) is 12.5 Å². The van der Waals surface area contributed by atoms with Gasteiger partial charge in [-0.25, -0.2) is 14.4 Å². The van der Waals surface area contributed by atoms with Crippen molar-refractivity contribution >= 4 is 5.82 Å². The Labute approximate surface area is 63.9 Å². The molecule has 3 nitrogen and oxygen atoms in total. The van der Waals surface area contributed by atoms with Crippen molar-refractivity contribution in [3.63, 3.8) is 0 Å². The first-order valence-corrected chi connectivity index (χ1v) is 3.58. The van der Waals surface area contributed by atoms with Crippen LogP contribution in [-0.4, -0.2) is 23.1 Å². The van der Waals surface area contributed by atoms with E-state index in [-0.39, 0.29) is 5.82 Å². The zero-order valence-electron chi connectivity index (χ0n) is 6.00. The van der Waals surface area contributed by atoms with Gasteiger partial charge in [-0.1, -0.05) is 0 Å². The summed E-state index contributed by atoms with van der Waals surface area (Å²) in [5.74, 6) is 0.110. The predicted molar refractivity (Wildman–Crippen MR) is 38.8 cm³/mol. The van der Waals surface area contributed by atoms with Crippen LogP contribution in [0, 0.1) is 5.82 Å². The minimum Gasteiger partial charge on any atom is -0.354 e. The van der Waals surface area contributed by atoms with E-state index in [4.69, 9.17) is 0 Å². The van der Waals surface area contributed by atoms with Crippen molar-refractivity contribution in [1.82, 2.24) is 9.97 Å². The van der Waals surface area contributed by atoms with E-state index >= 15 is 0 Å². The Balaban J connectivity index is 2.28. The molecule has 0 saturated carbocycles. The summed E-state index contributed by atoms with van der Waals surface area (Å²) in [7, 11) is 0. The molecule has 0 aliphatic carbocycles. The Hall–Kier alpha value is -1.19. The highest BCUT2D eigenvalue weighted by molar-refractivity contribution is 5.40. The first-order valence-electron chi connectivity index (χ1n) is 3.58. The number of hydrogen-bond donors (Lipinski definition) is 0. The Morgan fingerprint density at radius 2 is 2.27 bits per heavy atom. The molecule has 2 heterocycles. The van der Waals surface area contributed by atoms with Gasteiger partial charge in [-0.2, -0.15) is 0 Å². The number of nitrogens with zero attached hydrogens (tertiary/aromatic N) is 3. The minimum atomic E-state index is -0.327. The maximum Gasteiger partial charge on any atom is 0.183 e. The van der Waals surface area contributed by atoms with Crippen LogP contribution in [0.15, 0.2) is 12.5 Å². The van der Waals surface area contributed by atoms with Gasteiger partial charge < -0.3 is 4.90 Å². The van der Waals surface area contributed by atoms with Gasteiger partial charge in [0.2, 0.25) is 0 Å². The van der Waals surface area contributed by atoms with Gasteiger partial charge in [0, 0.05) is 13.1 Å². The molecule has 4 heteroatoms. The first kappa shape index (κ1) is 6.52. The molecule has 58 valence electrons. The van der Waals surface area contributed by atoms with E-state index in [1.54, 1.807) is 0 Å². The highest BCUT2D eigenvalue weighted by Gasteiger charge is 2.18. The van der Waals surface area contributed by atoms with Crippen LogP contribution in [0.5, 0.6) is 0 Å². The van der Waals surface area contributed by atoms with Crippen molar-refractivity contribution in [2.75, 3.05) is 18.0 Å². The van der Waals surface area contributed by atoms with Gasteiger partial charge in [-0.05, 0) is 6.42 Å². The van der Waals surface area contributed by atoms with Gasteiger partial charge in [-0.3, -0.25) is 0 Å². The lowest BCUT2D eigenvalue weighted by atomic mass is 10.2. The van der Waals surface area contributed by atoms with Gasteiger partial charge in [0.15, 0.2) is 11.6 Å². The fourth-order valence-electron chi connectivity index (χ4n) is 1.07. The molecule has 1 aromatic rings. The minimum absolute atomic E-state index is 0.327. The molecule has 1 aliphatic heterocycles. The van der Waals surface area contributed by atoms with E-state index in [9.17, 15) is 4.39 Å². The zero-order valence-corrected chi connectivity index (χ0v) is 6.00. The first-order chi connectivity index (χ1) is 5.38. The Bertz CT molecular complexity index is 260. The van der Waals surface area contributed by atoms with Crippen molar-refractivity contribution in [2.45, 2.75) is 6.42 Å². The monoisotopic (exact) mass is 153 g/mol. The second-order valence-corrected chi connectivity index (χ2v) is 2.53. The van der Waals surface area contributed by atoms with Crippen LogP contribution in [0.3, 0.4) is 0 Å². The molecule has 0 bridgehead atoms. The lowest BCUT2D eigenvalue weighted by molar-refractivity contribution is 0.558. The summed E-state index contributed by atoms with van der Waals surface area (Å²) in [5.41, 5.74) is 0. The summed E-state index contributed by atoms with van der Waals surface area (Å²) >= 11 is 0. The summed E-state index contributed by atoms with van der Waals surface area (Å²) in [6, 6.07) is 0. The molecule has 0 atom stereocenters. The van der Waals surface area contributed by atoms with Crippen LogP contribution in [0.2, 0.25) is 0 Å². The number of rotatable bonds is 1. The van der Waals surface area contributed by atoms with Crippen molar-refractivity contribution in [1.29, 1.82) is 0 Å². The SMILES string of the molecule is Fc1cncnc1N1CCC1. The third-order valence-corrected chi connectivity index (χ3v) is 1.80. The average Bonchev–Trinajstić information content (AvgIpc) is 1.90. The zero-order chi connectivity index (χ0) is 7.68. The maximum absolute atomic E-state index is 12.9. The van der Waals surface area contributed by atoms with E-state index in [0.29, 0.717) is 5.82 Å². The fourth-order valence-corrected chi connectivity index (χ4v) is 1.07. The molecule has 2 rings (SSSR count). The molecule has 0 amide bonds. The van der Waals surface area contributed by atoms with Crippen LogP contribution in [0.4, 0.5) is 10.2 Å². The van der Waals surface area contributed by atoms with Crippen LogP contribution in [0.1, 0.15) is 6.42 Å². The molecular formula is C7H8FN3. The third kappa shape index (κ3) is 1.04. The van der Waals surface area contributed by atoms with Gasteiger partial charge in [-0.15, -0.1) is 0 Å². The molecule has 0 aromatic carbocycles. The average molecular weight is 153 g/mol. The summed E-state index contributed by atoms with van der Waals surface area (Å²) in [6.07, 6.45) is 3.70. The molecule has 1 aliphatic rings. The van der Waals surface area contributed by atoms with E-state index in [0.717, 1.165) is 19.5 Å². The van der Waals surface area contributed by atoms with E-state index in [2.05, 4.69) is 9.97 Å². The molecule has 1 saturated heterocycles. The van der Waals surface area contributed by atoms with Gasteiger partial charge in [0.1, 0.15) is 6.33 Å². The standard InChI is InChI=1S/C7H8FN3/c8-6-4-9-5-10-7(6)11-2-1-3-11/h4-5H,1-3H2. The maximum atomic E-state index is 12.9. The lowest BCUT2D eigenvalue weighted by Gasteiger charge is -2.31. The molecule has 1 aromatic heterocycles. The predicted octanol–water partition coefficient (Wildman–Crippen LogP) is 0.826. The number of aromatic nitrogens is 2. The Morgan fingerprint density at radius 1 is 1.45 bits per heavy atom. The quantitative estimate of drug-likeness (QED) is 0.598. The van der Waals surface area contributed by atoms with Crippen molar-refractivity contribution < 1.29 is 4.39 Å². The highest BCUT2D eigenvalue weighted by atomic mass is 19.1. The highest BCUT2D eigenvalue weighted by Crippen LogP contribution is 2.19. The van der Waals surface area contributed by atoms with Gasteiger partial charge in [0.05, 0.1) is 6.20 Å². The normalized spacial score (nSPS) is 16.3. The number of hydrogen-bond acceptors (Lipinski definition) is 3. The molecule has 0 unspecified atom stereocenters. The molecule has 0 radical (unpaired) electrons. The van der Waals surface area contributed by atoms with Crippen LogP contribution < -0.4 is 4.90 Å². The van der Waals surface area contributed by atoms with Crippen molar-refractivity contribution in [2.24, 2.45) is 0 Å². The molecule has 0 N–H and O–H groups in total. The largest absolute Gasteiger partial charge is 0.354 e. The molecule has 1 fully saturated rings. The van der Waals surface area contributed by atoms with Crippen LogP contribution >= 0.6 is 0 Å². The number of anilines is 1. The number of halogens is 1. The lowest BCUT2D eigenvalue weighted by Crippen LogP contribution is -2.38. The topological polar surface area (TPSA) is 29.0 Å². The van der Waals surface area contributed by atoms with Crippen LogP contribution in [-0.2, 0) is 0 Å².